The molecule has 0 unspecified atom stereocenters. The summed E-state index contributed by atoms with van der Waals surface area (Å²) in [5.41, 5.74) is 0.772. The van der Waals surface area contributed by atoms with Crippen molar-refractivity contribution in [2.24, 2.45) is 0 Å². The van der Waals surface area contributed by atoms with E-state index < -0.39 is 16.7 Å². The third-order valence-electron chi connectivity index (χ3n) is 2.88. The Kier molecular flexibility index (Phi) is 4.97. The molecule has 2 aromatic rings. The van der Waals surface area contributed by atoms with Crippen LogP contribution in [0.2, 0.25) is 0 Å². The minimum atomic E-state index is -0.952. The van der Waals surface area contributed by atoms with Crippen molar-refractivity contribution in [3.05, 3.63) is 58.4 Å². The third-order valence-corrected chi connectivity index (χ3v) is 2.88. The van der Waals surface area contributed by atoms with E-state index in [0.29, 0.717) is 0 Å². The number of nitrogens with zero attached hydrogens (tertiary/aromatic N) is 3. The van der Waals surface area contributed by atoms with Gasteiger partial charge in [-0.05, 0) is 10.5 Å². The van der Waals surface area contributed by atoms with E-state index in [1.165, 1.54) is 17.0 Å². The van der Waals surface area contributed by atoms with Crippen LogP contribution in [0.15, 0.2) is 42.7 Å². The largest absolute Gasteiger partial charge is 0.455 e. The molecule has 0 saturated heterocycles. The number of carbonyl (C=O) groups is 2. The van der Waals surface area contributed by atoms with Gasteiger partial charge in [0.25, 0.3) is 0 Å². The number of carbonyl (C=O) groups excluding carboxylic acids is 2. The molecule has 0 aliphatic carbocycles. The Labute approximate surface area is 125 Å². The zero-order valence-electron chi connectivity index (χ0n) is 11.5. The number of esters is 1. The molecule has 114 valence electrons. The molecule has 8 nitrogen and oxygen atoms in total. The molecule has 0 N–H and O–H groups in total. The summed E-state index contributed by atoms with van der Waals surface area (Å²) in [4.78, 5) is 36.8. The first kappa shape index (κ1) is 15.4. The number of aromatic nitrogens is 2. The Morgan fingerprint density at radius 3 is 2.68 bits per heavy atom. The summed E-state index contributed by atoms with van der Waals surface area (Å²) >= 11 is 0. The van der Waals surface area contributed by atoms with Gasteiger partial charge in [0.2, 0.25) is 5.78 Å². The third kappa shape index (κ3) is 3.98. The van der Waals surface area contributed by atoms with Crippen LogP contribution in [-0.4, -0.2) is 26.2 Å². The highest BCUT2D eigenvalue weighted by atomic mass is 16.6. The van der Waals surface area contributed by atoms with Gasteiger partial charge in [0.05, 0.1) is 6.54 Å². The first-order valence-corrected chi connectivity index (χ1v) is 6.47. The molecule has 0 fully saturated rings. The molecule has 0 amide bonds. The van der Waals surface area contributed by atoms with Gasteiger partial charge in [-0.15, -0.1) is 0 Å². The lowest BCUT2D eigenvalue weighted by atomic mass is 10.2. The van der Waals surface area contributed by atoms with Crippen LogP contribution in [-0.2, 0) is 27.5 Å². The van der Waals surface area contributed by atoms with E-state index in [2.05, 4.69) is 4.98 Å². The second-order valence-electron chi connectivity index (χ2n) is 4.41. The molecule has 0 bridgehead atoms. The van der Waals surface area contributed by atoms with Crippen molar-refractivity contribution in [2.75, 3.05) is 0 Å². The van der Waals surface area contributed by atoms with Crippen molar-refractivity contribution >= 4 is 17.7 Å². The maximum Gasteiger partial charge on any atom is 0.434 e. The quantitative estimate of drug-likeness (QED) is 0.332. The number of benzene rings is 1. The van der Waals surface area contributed by atoms with Crippen molar-refractivity contribution < 1.29 is 19.2 Å². The molecule has 0 saturated carbocycles. The molecule has 1 aromatic heterocycles. The predicted octanol–water partition coefficient (Wildman–Crippen LogP) is 1.49. The lowest BCUT2D eigenvalue weighted by Crippen LogP contribution is -2.19. The Hall–Kier alpha value is -3.03. The van der Waals surface area contributed by atoms with E-state index >= 15 is 0 Å². The summed E-state index contributed by atoms with van der Waals surface area (Å²) in [6.07, 6.45) is 2.45. The standard InChI is InChI=1S/C14H13N3O5/c18-12(6-8-16-9-7-15-14(16)17(20)21)13(19)22-10-11-4-2-1-3-5-11/h1-5,7,9H,6,8,10H2. The van der Waals surface area contributed by atoms with Gasteiger partial charge in [0.15, 0.2) is 0 Å². The molecular weight excluding hydrogens is 290 g/mol. The zero-order chi connectivity index (χ0) is 15.9. The van der Waals surface area contributed by atoms with E-state index in [1.807, 2.05) is 6.07 Å². The van der Waals surface area contributed by atoms with E-state index in [1.54, 1.807) is 24.3 Å². The molecule has 0 aliphatic rings. The van der Waals surface area contributed by atoms with E-state index in [4.69, 9.17) is 4.74 Å². The molecule has 0 atom stereocenters. The highest BCUT2D eigenvalue weighted by Crippen LogP contribution is 2.08. The summed E-state index contributed by atoms with van der Waals surface area (Å²) in [5.74, 6) is -2.06. The second-order valence-corrected chi connectivity index (χ2v) is 4.41. The molecule has 1 heterocycles. The number of nitro groups is 1. The average Bonchev–Trinajstić information content (AvgIpc) is 3.00. The predicted molar refractivity (Wildman–Crippen MR) is 74.7 cm³/mol. The number of rotatable bonds is 7. The van der Waals surface area contributed by atoms with Gasteiger partial charge < -0.3 is 14.9 Å². The number of ether oxygens (including phenoxy) is 1. The Morgan fingerprint density at radius 1 is 1.27 bits per heavy atom. The maximum absolute atomic E-state index is 11.7. The summed E-state index contributed by atoms with van der Waals surface area (Å²) in [5, 5.41) is 10.7. The smallest absolute Gasteiger partial charge is 0.434 e. The van der Waals surface area contributed by atoms with Crippen LogP contribution in [0.3, 0.4) is 0 Å². The van der Waals surface area contributed by atoms with Crippen LogP contribution in [0.5, 0.6) is 0 Å². The van der Waals surface area contributed by atoms with Gasteiger partial charge >= 0.3 is 11.9 Å². The fourth-order valence-corrected chi connectivity index (χ4v) is 1.78. The van der Waals surface area contributed by atoms with E-state index in [0.717, 1.165) is 5.56 Å². The van der Waals surface area contributed by atoms with Crippen molar-refractivity contribution in [1.29, 1.82) is 0 Å². The van der Waals surface area contributed by atoms with Crippen molar-refractivity contribution in [2.45, 2.75) is 19.6 Å². The number of hydrogen-bond acceptors (Lipinski definition) is 6. The van der Waals surface area contributed by atoms with Gasteiger partial charge in [-0.3, -0.25) is 4.79 Å². The lowest BCUT2D eigenvalue weighted by Gasteiger charge is -2.04. The minimum Gasteiger partial charge on any atom is -0.455 e. The van der Waals surface area contributed by atoms with Crippen LogP contribution in [0, 0.1) is 10.1 Å². The molecule has 0 aliphatic heterocycles. The van der Waals surface area contributed by atoms with Crippen LogP contribution in [0.25, 0.3) is 0 Å². The van der Waals surface area contributed by atoms with Crippen LogP contribution in [0.1, 0.15) is 12.0 Å². The van der Waals surface area contributed by atoms with Gasteiger partial charge in [0.1, 0.15) is 19.0 Å². The number of imidazole rings is 1. The Morgan fingerprint density at radius 2 is 2.00 bits per heavy atom. The Bertz CT molecular complexity index is 681. The highest BCUT2D eigenvalue weighted by Gasteiger charge is 2.19. The summed E-state index contributed by atoms with van der Waals surface area (Å²) in [6.45, 7) is 0.00617. The SMILES string of the molecule is O=C(CCn1ccnc1[N+](=O)[O-])C(=O)OCc1ccccc1. The molecule has 0 radical (unpaired) electrons. The Balaban J connectivity index is 1.83. The molecule has 8 heteroatoms. The average molecular weight is 303 g/mol. The normalized spacial score (nSPS) is 10.2. The van der Waals surface area contributed by atoms with Gasteiger partial charge in [-0.1, -0.05) is 35.3 Å². The molecule has 2 rings (SSSR count). The second kappa shape index (κ2) is 7.11. The number of aryl methyl sites for hydroxylation is 1. The van der Waals surface area contributed by atoms with Crippen LogP contribution in [0.4, 0.5) is 5.95 Å². The number of ketones is 1. The fraction of sp³-hybridized carbons (Fsp3) is 0.214. The van der Waals surface area contributed by atoms with Crippen LogP contribution >= 0.6 is 0 Å². The van der Waals surface area contributed by atoms with Crippen molar-refractivity contribution in [1.82, 2.24) is 9.55 Å². The van der Waals surface area contributed by atoms with Gasteiger partial charge in [0, 0.05) is 6.42 Å². The van der Waals surface area contributed by atoms with E-state index in [9.17, 15) is 19.7 Å². The monoisotopic (exact) mass is 303 g/mol. The van der Waals surface area contributed by atoms with Crippen LogP contribution < -0.4 is 0 Å². The van der Waals surface area contributed by atoms with Gasteiger partial charge in [-0.2, -0.15) is 0 Å². The summed E-state index contributed by atoms with van der Waals surface area (Å²) < 4.78 is 6.09. The fourth-order valence-electron chi connectivity index (χ4n) is 1.78. The zero-order valence-corrected chi connectivity index (χ0v) is 11.5. The first-order chi connectivity index (χ1) is 10.6. The lowest BCUT2D eigenvalue weighted by molar-refractivity contribution is -0.396. The number of Topliss-reactive ketones (excluding diaryl/α,β-unsaturated/α-hetero) is 1. The van der Waals surface area contributed by atoms with Crippen molar-refractivity contribution in [3.8, 4) is 0 Å². The molecule has 0 spiro atoms. The summed E-state index contributed by atoms with van der Waals surface area (Å²) in [6, 6.07) is 8.96. The van der Waals surface area contributed by atoms with E-state index in [-0.39, 0.29) is 25.5 Å². The molecule has 1 aromatic carbocycles. The number of hydrogen-bond donors (Lipinski definition) is 0. The highest BCUT2D eigenvalue weighted by molar-refractivity contribution is 6.33. The first-order valence-electron chi connectivity index (χ1n) is 6.47. The van der Waals surface area contributed by atoms with Gasteiger partial charge in [-0.25, -0.2) is 9.36 Å². The molecule has 22 heavy (non-hydrogen) atoms. The summed E-state index contributed by atoms with van der Waals surface area (Å²) in [7, 11) is 0. The maximum atomic E-state index is 11.7. The molecular formula is C14H13N3O5. The topological polar surface area (TPSA) is 104 Å². The van der Waals surface area contributed by atoms with Crippen molar-refractivity contribution in [3.63, 3.8) is 0 Å². The minimum absolute atomic E-state index is 0.00438.